The molecule has 1 aliphatic rings. The highest BCUT2D eigenvalue weighted by Gasteiger charge is 2.19. The van der Waals surface area contributed by atoms with Crippen molar-refractivity contribution in [2.24, 2.45) is 0 Å². The van der Waals surface area contributed by atoms with Gasteiger partial charge in [0.2, 0.25) is 5.91 Å². The molecule has 0 atom stereocenters. The average molecular weight is 325 g/mol. The van der Waals surface area contributed by atoms with Gasteiger partial charge in [-0.3, -0.25) is 9.69 Å². The Hall–Kier alpha value is -1.26. The maximum absolute atomic E-state index is 12.3. The molecule has 0 heterocycles. The number of ether oxygens (including phenoxy) is 1. The van der Waals surface area contributed by atoms with Gasteiger partial charge >= 0.3 is 0 Å². The van der Waals surface area contributed by atoms with Gasteiger partial charge in [0, 0.05) is 11.1 Å². The zero-order chi connectivity index (χ0) is 15.9. The monoisotopic (exact) mass is 324 g/mol. The largest absolute Gasteiger partial charge is 0.495 e. The fourth-order valence-corrected chi connectivity index (χ4v) is 3.19. The van der Waals surface area contributed by atoms with Crippen molar-refractivity contribution in [1.82, 2.24) is 4.90 Å². The fourth-order valence-electron chi connectivity index (χ4n) is 3.02. The quantitative estimate of drug-likeness (QED) is 0.834. The van der Waals surface area contributed by atoms with Gasteiger partial charge in [0.05, 0.1) is 19.3 Å². The van der Waals surface area contributed by atoms with Gasteiger partial charge in [-0.15, -0.1) is 0 Å². The maximum Gasteiger partial charge on any atom is 0.238 e. The topological polar surface area (TPSA) is 41.6 Å². The first-order chi connectivity index (χ1) is 10.6. The van der Waals surface area contributed by atoms with E-state index < -0.39 is 0 Å². The third-order valence-corrected chi connectivity index (χ3v) is 4.51. The van der Waals surface area contributed by atoms with Crippen LogP contribution in [0.3, 0.4) is 0 Å². The molecule has 1 aromatic carbocycles. The smallest absolute Gasteiger partial charge is 0.238 e. The lowest BCUT2D eigenvalue weighted by atomic mass is 10.1. The SMILES string of the molecule is COc1ccc(Cl)cc1NC(=O)CN(C)C1CCCCCC1. The van der Waals surface area contributed by atoms with Crippen molar-refractivity contribution in [1.29, 1.82) is 0 Å². The van der Waals surface area contributed by atoms with Crippen LogP contribution in [-0.4, -0.2) is 37.6 Å². The second-order valence-corrected chi connectivity index (χ2v) is 6.39. The lowest BCUT2D eigenvalue weighted by Gasteiger charge is -2.26. The van der Waals surface area contributed by atoms with Crippen LogP contribution >= 0.6 is 11.6 Å². The maximum atomic E-state index is 12.3. The summed E-state index contributed by atoms with van der Waals surface area (Å²) in [5.41, 5.74) is 0.620. The van der Waals surface area contributed by atoms with E-state index in [1.165, 1.54) is 38.5 Å². The van der Waals surface area contributed by atoms with Crippen LogP contribution < -0.4 is 10.1 Å². The summed E-state index contributed by atoms with van der Waals surface area (Å²) in [6, 6.07) is 5.72. The number of amides is 1. The molecule has 1 aromatic rings. The minimum absolute atomic E-state index is 0.0349. The number of halogens is 1. The van der Waals surface area contributed by atoms with Crippen molar-refractivity contribution in [3.8, 4) is 5.75 Å². The number of hydrogen-bond acceptors (Lipinski definition) is 3. The second kappa shape index (κ2) is 8.39. The Morgan fingerprint density at radius 1 is 1.32 bits per heavy atom. The summed E-state index contributed by atoms with van der Waals surface area (Å²) in [4.78, 5) is 14.4. The van der Waals surface area contributed by atoms with Crippen molar-refractivity contribution >= 4 is 23.2 Å². The molecule has 1 aliphatic carbocycles. The molecule has 1 fully saturated rings. The third kappa shape index (κ3) is 4.89. The van der Waals surface area contributed by atoms with Crippen LogP contribution in [0.1, 0.15) is 38.5 Å². The van der Waals surface area contributed by atoms with Crippen LogP contribution in [0.15, 0.2) is 18.2 Å². The van der Waals surface area contributed by atoms with Gasteiger partial charge in [0.25, 0.3) is 0 Å². The third-order valence-electron chi connectivity index (χ3n) is 4.28. The number of rotatable bonds is 5. The van der Waals surface area contributed by atoms with Crippen molar-refractivity contribution in [2.45, 2.75) is 44.6 Å². The number of benzene rings is 1. The first-order valence-electron chi connectivity index (χ1n) is 7.94. The van der Waals surface area contributed by atoms with E-state index in [1.807, 2.05) is 7.05 Å². The molecule has 122 valence electrons. The molecule has 22 heavy (non-hydrogen) atoms. The zero-order valence-electron chi connectivity index (χ0n) is 13.4. The number of hydrogen-bond donors (Lipinski definition) is 1. The standard InChI is InChI=1S/C17H25ClN2O2/c1-20(14-7-5-3-4-6-8-14)12-17(21)19-15-11-13(18)9-10-16(15)22-2/h9-11,14H,3-8,12H2,1-2H3,(H,19,21). The lowest BCUT2D eigenvalue weighted by Crippen LogP contribution is -2.37. The molecule has 1 saturated carbocycles. The number of carbonyl (C=O) groups excluding carboxylic acids is 1. The summed E-state index contributed by atoms with van der Waals surface area (Å²) in [6.07, 6.45) is 7.53. The Morgan fingerprint density at radius 3 is 2.64 bits per heavy atom. The molecule has 0 radical (unpaired) electrons. The minimum Gasteiger partial charge on any atom is -0.495 e. The lowest BCUT2D eigenvalue weighted by molar-refractivity contribution is -0.117. The Morgan fingerprint density at radius 2 is 2.00 bits per heavy atom. The van der Waals surface area contributed by atoms with Crippen LogP contribution in [0.5, 0.6) is 5.75 Å². The molecule has 0 aliphatic heterocycles. The first-order valence-corrected chi connectivity index (χ1v) is 8.31. The molecule has 4 nitrogen and oxygen atoms in total. The zero-order valence-corrected chi connectivity index (χ0v) is 14.2. The molecule has 0 saturated heterocycles. The van der Waals surface area contributed by atoms with E-state index in [0.29, 0.717) is 29.0 Å². The number of likely N-dealkylation sites (N-methyl/N-ethyl adjacent to an activating group) is 1. The summed E-state index contributed by atoms with van der Waals surface area (Å²) in [5, 5.41) is 3.47. The predicted molar refractivity (Wildman–Crippen MR) is 90.8 cm³/mol. The predicted octanol–water partition coefficient (Wildman–Crippen LogP) is 3.94. The Balaban J connectivity index is 1.93. The summed E-state index contributed by atoms with van der Waals surface area (Å²) < 4.78 is 5.25. The Bertz CT molecular complexity index is 499. The van der Waals surface area contributed by atoms with Crippen molar-refractivity contribution in [2.75, 3.05) is 26.0 Å². The van der Waals surface area contributed by atoms with Gasteiger partial charge in [-0.2, -0.15) is 0 Å². The van der Waals surface area contributed by atoms with E-state index in [-0.39, 0.29) is 5.91 Å². The number of anilines is 1. The molecule has 0 unspecified atom stereocenters. The molecular weight excluding hydrogens is 300 g/mol. The molecule has 0 bridgehead atoms. The molecule has 2 rings (SSSR count). The Kier molecular flexibility index (Phi) is 6.52. The van der Waals surface area contributed by atoms with Crippen LogP contribution in [0.2, 0.25) is 5.02 Å². The van der Waals surface area contributed by atoms with Gasteiger partial charge < -0.3 is 10.1 Å². The van der Waals surface area contributed by atoms with Gasteiger partial charge in [-0.1, -0.05) is 37.3 Å². The van der Waals surface area contributed by atoms with Gasteiger partial charge in [-0.05, 0) is 38.1 Å². The molecule has 5 heteroatoms. The average Bonchev–Trinajstić information content (AvgIpc) is 2.76. The Labute approximate surface area is 137 Å². The van der Waals surface area contributed by atoms with E-state index in [4.69, 9.17) is 16.3 Å². The van der Waals surface area contributed by atoms with Crippen LogP contribution in [0.25, 0.3) is 0 Å². The summed E-state index contributed by atoms with van der Waals surface area (Å²) in [6.45, 7) is 0.389. The summed E-state index contributed by atoms with van der Waals surface area (Å²) in [7, 11) is 3.61. The first kappa shape index (κ1) is 17.1. The normalized spacial score (nSPS) is 16.4. The number of nitrogens with zero attached hydrogens (tertiary/aromatic N) is 1. The summed E-state index contributed by atoms with van der Waals surface area (Å²) in [5.74, 6) is 0.585. The number of nitrogens with one attached hydrogen (secondary N) is 1. The number of methoxy groups -OCH3 is 1. The minimum atomic E-state index is -0.0349. The van der Waals surface area contributed by atoms with Gasteiger partial charge in [0.15, 0.2) is 0 Å². The molecular formula is C17H25ClN2O2. The molecule has 0 aromatic heterocycles. The second-order valence-electron chi connectivity index (χ2n) is 5.95. The van der Waals surface area contributed by atoms with E-state index in [1.54, 1.807) is 25.3 Å². The highest BCUT2D eigenvalue weighted by Crippen LogP contribution is 2.27. The van der Waals surface area contributed by atoms with E-state index >= 15 is 0 Å². The van der Waals surface area contributed by atoms with Crippen molar-refractivity contribution in [3.05, 3.63) is 23.2 Å². The number of carbonyl (C=O) groups is 1. The molecule has 0 spiro atoms. The van der Waals surface area contributed by atoms with Crippen LogP contribution in [-0.2, 0) is 4.79 Å². The van der Waals surface area contributed by atoms with Crippen molar-refractivity contribution in [3.63, 3.8) is 0 Å². The van der Waals surface area contributed by atoms with Crippen LogP contribution in [0, 0.1) is 0 Å². The highest BCUT2D eigenvalue weighted by molar-refractivity contribution is 6.31. The van der Waals surface area contributed by atoms with E-state index in [2.05, 4.69) is 10.2 Å². The molecule has 1 amide bonds. The van der Waals surface area contributed by atoms with Gasteiger partial charge in [-0.25, -0.2) is 0 Å². The van der Waals surface area contributed by atoms with E-state index in [9.17, 15) is 4.79 Å². The fraction of sp³-hybridized carbons (Fsp3) is 0.588. The van der Waals surface area contributed by atoms with E-state index in [0.717, 1.165) is 0 Å². The molecule has 1 N–H and O–H groups in total. The van der Waals surface area contributed by atoms with Crippen molar-refractivity contribution < 1.29 is 9.53 Å². The van der Waals surface area contributed by atoms with Crippen LogP contribution in [0.4, 0.5) is 5.69 Å². The van der Waals surface area contributed by atoms with Gasteiger partial charge in [0.1, 0.15) is 5.75 Å². The highest BCUT2D eigenvalue weighted by atomic mass is 35.5. The summed E-state index contributed by atoms with van der Waals surface area (Å²) >= 11 is 5.99.